The van der Waals surface area contributed by atoms with E-state index in [0.717, 1.165) is 0 Å². The molecule has 0 radical (unpaired) electrons. The first kappa shape index (κ1) is 5.75. The lowest BCUT2D eigenvalue weighted by molar-refractivity contribution is -0.114. The van der Waals surface area contributed by atoms with Crippen LogP contribution in [0.1, 0.15) is 5.69 Å². The second-order valence-electron chi connectivity index (χ2n) is 1.67. The molecule has 0 unspecified atom stereocenters. The van der Waals surface area contributed by atoms with Crippen LogP contribution in [0.2, 0.25) is 0 Å². The van der Waals surface area contributed by atoms with E-state index in [9.17, 15) is 0 Å². The fourth-order valence-corrected chi connectivity index (χ4v) is 0.534. The molecule has 0 spiro atoms. The molecule has 0 aliphatic rings. The van der Waals surface area contributed by atoms with Gasteiger partial charge in [0, 0.05) is 6.20 Å². The van der Waals surface area contributed by atoms with Crippen molar-refractivity contribution in [3.8, 4) is 0 Å². The Kier molecular flexibility index (Phi) is 1.44. The fourth-order valence-electron chi connectivity index (χ4n) is 0.534. The molecular formula is C6H8N3+. The van der Waals surface area contributed by atoms with Gasteiger partial charge in [0.1, 0.15) is 0 Å². The molecule has 1 rings (SSSR count). The maximum atomic E-state index is 5.25. The van der Waals surface area contributed by atoms with Crippen LogP contribution in [0.25, 0.3) is 0 Å². The van der Waals surface area contributed by atoms with Gasteiger partial charge in [-0.15, -0.1) is 0 Å². The molecular weight excluding hydrogens is 114 g/mol. The topological polar surface area (TPSA) is 64.5 Å². The summed E-state index contributed by atoms with van der Waals surface area (Å²) in [7, 11) is 0. The average molecular weight is 122 g/mol. The number of nitrogens with two attached hydrogens (primary N) is 2. The summed E-state index contributed by atoms with van der Waals surface area (Å²) in [4.78, 5) is 3.89. The minimum atomic E-state index is 0.260. The number of hydrogen-bond donors (Lipinski definition) is 2. The molecule has 0 saturated carbocycles. The molecule has 0 saturated heterocycles. The van der Waals surface area contributed by atoms with E-state index in [1.165, 1.54) is 0 Å². The summed E-state index contributed by atoms with van der Waals surface area (Å²) >= 11 is 0. The average Bonchev–Trinajstić information content (AvgIpc) is 1.90. The van der Waals surface area contributed by atoms with E-state index in [2.05, 4.69) is 4.98 Å². The van der Waals surface area contributed by atoms with Crippen molar-refractivity contribution in [2.75, 3.05) is 0 Å². The number of hydrogen-bond acceptors (Lipinski definition) is 1. The van der Waals surface area contributed by atoms with Crippen LogP contribution in [0, 0.1) is 0 Å². The molecule has 46 valence electrons. The Hall–Kier alpha value is -1.38. The van der Waals surface area contributed by atoms with E-state index >= 15 is 0 Å². The highest BCUT2D eigenvalue weighted by atomic mass is 14.8. The van der Waals surface area contributed by atoms with Crippen LogP contribution in [0.15, 0.2) is 24.4 Å². The summed E-state index contributed by atoms with van der Waals surface area (Å²) in [6.07, 6.45) is 1.65. The van der Waals surface area contributed by atoms with Crippen LogP contribution in [-0.4, -0.2) is 10.8 Å². The summed E-state index contributed by atoms with van der Waals surface area (Å²) in [6, 6.07) is 5.41. The Morgan fingerprint density at radius 3 is 2.67 bits per heavy atom. The number of rotatable bonds is 1. The van der Waals surface area contributed by atoms with Gasteiger partial charge in [0.25, 0.3) is 5.84 Å². The lowest BCUT2D eigenvalue weighted by atomic mass is 10.3. The molecule has 0 aromatic carbocycles. The molecule has 0 fully saturated rings. The van der Waals surface area contributed by atoms with Crippen molar-refractivity contribution in [2.45, 2.75) is 0 Å². The minimum Gasteiger partial charge on any atom is -0.286 e. The predicted octanol–water partition coefficient (Wildman–Crippen LogP) is -1.45. The number of aromatic nitrogens is 1. The van der Waals surface area contributed by atoms with Gasteiger partial charge in [-0.25, -0.2) is 4.98 Å². The highest BCUT2D eigenvalue weighted by molar-refractivity contribution is 5.90. The predicted molar refractivity (Wildman–Crippen MR) is 34.5 cm³/mol. The Labute approximate surface area is 53.0 Å². The van der Waals surface area contributed by atoms with Crippen LogP contribution < -0.4 is 11.1 Å². The molecule has 0 aliphatic carbocycles. The molecule has 0 atom stereocenters. The SMILES string of the molecule is NC(=[NH2+])c1ccccn1. The van der Waals surface area contributed by atoms with E-state index in [-0.39, 0.29) is 5.84 Å². The van der Waals surface area contributed by atoms with E-state index in [4.69, 9.17) is 11.1 Å². The van der Waals surface area contributed by atoms with E-state index in [1.54, 1.807) is 12.3 Å². The van der Waals surface area contributed by atoms with Gasteiger partial charge in [-0.05, 0) is 12.1 Å². The summed E-state index contributed by atoms with van der Waals surface area (Å²) in [5.41, 5.74) is 5.88. The number of amidine groups is 1. The molecule has 1 aromatic rings. The lowest BCUT2D eigenvalue weighted by Gasteiger charge is -1.86. The zero-order valence-electron chi connectivity index (χ0n) is 4.91. The molecule has 1 aromatic heterocycles. The Morgan fingerprint density at radius 2 is 2.33 bits per heavy atom. The summed E-state index contributed by atoms with van der Waals surface area (Å²) < 4.78 is 0. The monoisotopic (exact) mass is 122 g/mol. The maximum absolute atomic E-state index is 5.25. The van der Waals surface area contributed by atoms with Gasteiger partial charge in [-0.1, -0.05) is 6.07 Å². The van der Waals surface area contributed by atoms with Crippen molar-refractivity contribution < 1.29 is 5.41 Å². The highest BCUT2D eigenvalue weighted by Crippen LogP contribution is 1.87. The van der Waals surface area contributed by atoms with Gasteiger partial charge in [0.05, 0.1) is 0 Å². The Bertz CT molecular complexity index is 205. The highest BCUT2D eigenvalue weighted by Gasteiger charge is 1.97. The van der Waals surface area contributed by atoms with Crippen molar-refractivity contribution in [3.05, 3.63) is 30.1 Å². The normalized spacial score (nSPS) is 8.89. The Balaban J connectivity index is 2.98. The van der Waals surface area contributed by atoms with Crippen LogP contribution in [0.3, 0.4) is 0 Å². The van der Waals surface area contributed by atoms with E-state index < -0.39 is 0 Å². The molecule has 0 amide bonds. The van der Waals surface area contributed by atoms with Gasteiger partial charge in [0.15, 0.2) is 5.69 Å². The molecule has 0 aliphatic heterocycles. The molecule has 3 heteroatoms. The first-order valence-corrected chi connectivity index (χ1v) is 2.60. The van der Waals surface area contributed by atoms with Crippen molar-refractivity contribution in [1.82, 2.24) is 4.98 Å². The molecule has 0 bridgehead atoms. The van der Waals surface area contributed by atoms with Crippen molar-refractivity contribution in [2.24, 2.45) is 5.73 Å². The van der Waals surface area contributed by atoms with Gasteiger partial charge in [-0.3, -0.25) is 11.1 Å². The van der Waals surface area contributed by atoms with Crippen LogP contribution in [0.4, 0.5) is 0 Å². The second-order valence-corrected chi connectivity index (χ2v) is 1.67. The van der Waals surface area contributed by atoms with Gasteiger partial charge < -0.3 is 0 Å². The molecule has 4 N–H and O–H groups in total. The van der Waals surface area contributed by atoms with Gasteiger partial charge >= 0.3 is 0 Å². The minimum absolute atomic E-state index is 0.260. The first-order chi connectivity index (χ1) is 4.30. The fraction of sp³-hybridized carbons (Fsp3) is 0. The first-order valence-electron chi connectivity index (χ1n) is 2.60. The van der Waals surface area contributed by atoms with E-state index in [1.807, 2.05) is 12.1 Å². The summed E-state index contributed by atoms with van der Waals surface area (Å²) in [5, 5.41) is 5.25. The second kappa shape index (κ2) is 2.26. The van der Waals surface area contributed by atoms with Crippen LogP contribution in [0.5, 0.6) is 0 Å². The van der Waals surface area contributed by atoms with Crippen molar-refractivity contribution in [3.63, 3.8) is 0 Å². The maximum Gasteiger partial charge on any atom is 0.289 e. The third-order valence-corrected chi connectivity index (χ3v) is 0.961. The number of nitrogens with zero attached hydrogens (tertiary/aromatic N) is 1. The third kappa shape index (κ3) is 1.25. The van der Waals surface area contributed by atoms with Gasteiger partial charge in [-0.2, -0.15) is 0 Å². The zero-order chi connectivity index (χ0) is 6.69. The standard InChI is InChI=1S/C6H7N3/c7-6(8)5-3-1-2-4-9-5/h1-4H,(H3,7,8)/p+1. The molecule has 9 heavy (non-hydrogen) atoms. The van der Waals surface area contributed by atoms with Crippen molar-refractivity contribution >= 4 is 5.84 Å². The number of pyridine rings is 1. The van der Waals surface area contributed by atoms with Crippen molar-refractivity contribution in [1.29, 1.82) is 0 Å². The smallest absolute Gasteiger partial charge is 0.286 e. The third-order valence-electron chi connectivity index (χ3n) is 0.961. The largest absolute Gasteiger partial charge is 0.289 e. The van der Waals surface area contributed by atoms with Crippen LogP contribution >= 0.6 is 0 Å². The molecule has 1 heterocycles. The zero-order valence-corrected chi connectivity index (χ0v) is 4.91. The summed E-state index contributed by atoms with van der Waals surface area (Å²) in [6.45, 7) is 0. The molecule has 3 nitrogen and oxygen atoms in total. The van der Waals surface area contributed by atoms with Gasteiger partial charge in [0.2, 0.25) is 0 Å². The summed E-state index contributed by atoms with van der Waals surface area (Å²) in [5.74, 6) is 0.260. The quantitative estimate of drug-likeness (QED) is 0.353. The van der Waals surface area contributed by atoms with Crippen LogP contribution in [-0.2, 0) is 0 Å². The lowest BCUT2D eigenvalue weighted by Crippen LogP contribution is -2.46. The van der Waals surface area contributed by atoms with E-state index in [0.29, 0.717) is 5.69 Å². The Morgan fingerprint density at radius 1 is 1.56 bits per heavy atom.